The van der Waals surface area contributed by atoms with E-state index in [4.69, 9.17) is 4.74 Å². The summed E-state index contributed by atoms with van der Waals surface area (Å²) in [6, 6.07) is 14.8. The summed E-state index contributed by atoms with van der Waals surface area (Å²) in [5, 5.41) is 31.6. The molecule has 30 heavy (non-hydrogen) atoms. The Morgan fingerprint density at radius 3 is 2.57 bits per heavy atom. The van der Waals surface area contributed by atoms with E-state index in [1.54, 1.807) is 12.1 Å². The first-order valence-electron chi connectivity index (χ1n) is 10.8. The minimum atomic E-state index is -1.07. The highest BCUT2D eigenvalue weighted by atomic mass is 16.5. The molecule has 0 spiro atoms. The molecule has 0 radical (unpaired) electrons. The molecule has 0 heterocycles. The summed E-state index contributed by atoms with van der Waals surface area (Å²) in [5.41, 5.74) is 2.51. The summed E-state index contributed by atoms with van der Waals surface area (Å²) < 4.78 is 5.59. The normalized spacial score (nSPS) is 37.1. The largest absolute Gasteiger partial charge is 0.423 e. The van der Waals surface area contributed by atoms with Crippen LogP contribution < -0.4 is 4.74 Å². The second-order valence-electron chi connectivity index (χ2n) is 9.42. The zero-order valence-corrected chi connectivity index (χ0v) is 17.1. The van der Waals surface area contributed by atoms with Crippen LogP contribution in [0.3, 0.4) is 0 Å². The molecule has 5 nitrogen and oxygen atoms in total. The van der Waals surface area contributed by atoms with E-state index in [0.717, 1.165) is 25.7 Å². The Kier molecular flexibility index (Phi) is 4.73. The summed E-state index contributed by atoms with van der Waals surface area (Å²) in [6.07, 6.45) is 0.594. The number of ether oxygens (including phenoxy) is 1. The van der Waals surface area contributed by atoms with Crippen LogP contribution in [-0.4, -0.2) is 39.6 Å². The fraction of sp³-hybridized carbons (Fsp3) is 0.480. The summed E-state index contributed by atoms with van der Waals surface area (Å²) in [5.74, 6) is 0.599. The van der Waals surface area contributed by atoms with Crippen molar-refractivity contribution < 1.29 is 24.9 Å². The molecule has 0 bridgehead atoms. The number of carbonyl (C=O) groups is 1. The molecule has 3 aliphatic rings. The lowest BCUT2D eigenvalue weighted by atomic mass is 9.55. The van der Waals surface area contributed by atoms with Gasteiger partial charge in [-0.05, 0) is 78.8 Å². The van der Waals surface area contributed by atoms with Gasteiger partial charge in [0.25, 0.3) is 0 Å². The molecule has 2 fully saturated rings. The van der Waals surface area contributed by atoms with Gasteiger partial charge in [0.15, 0.2) is 0 Å². The monoisotopic (exact) mass is 408 g/mol. The Hall–Kier alpha value is -2.21. The van der Waals surface area contributed by atoms with E-state index < -0.39 is 23.7 Å². The third-order valence-electron chi connectivity index (χ3n) is 7.93. The number of hydrogen-bond acceptors (Lipinski definition) is 5. The topological polar surface area (TPSA) is 87.0 Å². The van der Waals surface area contributed by atoms with Crippen molar-refractivity contribution in [1.82, 2.24) is 0 Å². The van der Waals surface area contributed by atoms with Crippen molar-refractivity contribution in [3.63, 3.8) is 0 Å². The average molecular weight is 408 g/mol. The van der Waals surface area contributed by atoms with Crippen LogP contribution in [0.25, 0.3) is 0 Å². The maximum absolute atomic E-state index is 12.4. The fourth-order valence-electron chi connectivity index (χ4n) is 6.42. The molecule has 2 aromatic carbocycles. The second-order valence-corrected chi connectivity index (χ2v) is 9.42. The zero-order chi connectivity index (χ0) is 21.0. The third kappa shape index (κ3) is 2.91. The lowest BCUT2D eigenvalue weighted by Gasteiger charge is -2.50. The number of carbonyl (C=O) groups excluding carboxylic acids is 1. The van der Waals surface area contributed by atoms with E-state index in [1.807, 2.05) is 37.3 Å². The minimum absolute atomic E-state index is 0.106. The van der Waals surface area contributed by atoms with Crippen LogP contribution >= 0.6 is 0 Å². The summed E-state index contributed by atoms with van der Waals surface area (Å²) in [4.78, 5) is 12.4. The van der Waals surface area contributed by atoms with Crippen LogP contribution in [0.5, 0.6) is 5.75 Å². The van der Waals surface area contributed by atoms with E-state index in [2.05, 4.69) is 6.07 Å². The Balaban J connectivity index is 1.39. The maximum atomic E-state index is 12.4. The van der Waals surface area contributed by atoms with Gasteiger partial charge in [-0.2, -0.15) is 0 Å². The molecule has 0 aliphatic heterocycles. The highest BCUT2D eigenvalue weighted by molar-refractivity contribution is 5.91. The third-order valence-corrected chi connectivity index (χ3v) is 7.93. The van der Waals surface area contributed by atoms with Crippen molar-refractivity contribution >= 4 is 5.97 Å². The average Bonchev–Trinajstić information content (AvgIpc) is 2.94. The minimum Gasteiger partial charge on any atom is -0.423 e. The van der Waals surface area contributed by atoms with E-state index in [0.29, 0.717) is 11.3 Å². The lowest BCUT2D eigenvalue weighted by molar-refractivity contribution is -0.0505. The molecule has 4 unspecified atom stereocenters. The van der Waals surface area contributed by atoms with E-state index in [9.17, 15) is 20.1 Å². The van der Waals surface area contributed by atoms with Gasteiger partial charge in [-0.15, -0.1) is 0 Å². The molecule has 0 aromatic heterocycles. The van der Waals surface area contributed by atoms with Crippen molar-refractivity contribution in [1.29, 1.82) is 0 Å². The SMILES string of the molecule is CC12CCC3c4ccc(OC(=O)c5ccccc5)cc4CCC3C1[C@@H](O)[C@@H](O)[C@@H]2O. The second kappa shape index (κ2) is 7.19. The van der Waals surface area contributed by atoms with Crippen molar-refractivity contribution in [2.24, 2.45) is 17.3 Å². The van der Waals surface area contributed by atoms with E-state index in [-0.39, 0.29) is 23.7 Å². The van der Waals surface area contributed by atoms with Crippen molar-refractivity contribution in [3.05, 3.63) is 65.2 Å². The van der Waals surface area contributed by atoms with Crippen molar-refractivity contribution in [2.45, 2.75) is 56.8 Å². The van der Waals surface area contributed by atoms with E-state index in [1.165, 1.54) is 11.1 Å². The predicted molar refractivity (Wildman–Crippen MR) is 111 cm³/mol. The molecule has 2 aromatic rings. The molecule has 5 rings (SSSR count). The van der Waals surface area contributed by atoms with Gasteiger partial charge in [-0.25, -0.2) is 4.79 Å². The Morgan fingerprint density at radius 2 is 1.80 bits per heavy atom. The van der Waals surface area contributed by atoms with Gasteiger partial charge < -0.3 is 20.1 Å². The molecule has 5 heteroatoms. The summed E-state index contributed by atoms with van der Waals surface area (Å²) in [6.45, 7) is 2.01. The number of esters is 1. The van der Waals surface area contributed by atoms with E-state index >= 15 is 0 Å². The quantitative estimate of drug-likeness (QED) is 0.525. The number of rotatable bonds is 2. The highest BCUT2D eigenvalue weighted by Crippen LogP contribution is 2.61. The maximum Gasteiger partial charge on any atom is 0.343 e. The molecule has 158 valence electrons. The Bertz CT molecular complexity index is 957. The van der Waals surface area contributed by atoms with Gasteiger partial charge in [-0.3, -0.25) is 0 Å². The summed E-state index contributed by atoms with van der Waals surface area (Å²) >= 11 is 0. The number of aliphatic hydroxyl groups is 3. The van der Waals surface area contributed by atoms with Crippen molar-refractivity contribution in [2.75, 3.05) is 0 Å². The first-order valence-corrected chi connectivity index (χ1v) is 10.8. The molecule has 0 saturated heterocycles. The van der Waals surface area contributed by atoms with Gasteiger partial charge in [0, 0.05) is 5.41 Å². The highest BCUT2D eigenvalue weighted by Gasteiger charge is 2.62. The molecular weight excluding hydrogens is 380 g/mol. The number of aliphatic hydroxyl groups excluding tert-OH is 3. The van der Waals surface area contributed by atoms with Crippen LogP contribution in [0.4, 0.5) is 0 Å². The van der Waals surface area contributed by atoms with Gasteiger partial charge in [0.05, 0.1) is 17.8 Å². The fourth-order valence-corrected chi connectivity index (χ4v) is 6.42. The molecule has 2 saturated carbocycles. The van der Waals surface area contributed by atoms with Crippen LogP contribution in [0, 0.1) is 17.3 Å². The van der Waals surface area contributed by atoms with Crippen LogP contribution in [0.1, 0.15) is 53.6 Å². The van der Waals surface area contributed by atoms with Crippen molar-refractivity contribution in [3.8, 4) is 5.75 Å². The summed E-state index contributed by atoms with van der Waals surface area (Å²) in [7, 11) is 0. The first-order chi connectivity index (χ1) is 14.4. The number of benzene rings is 2. The molecule has 3 aliphatic carbocycles. The smallest absolute Gasteiger partial charge is 0.343 e. The predicted octanol–water partition coefficient (Wildman–Crippen LogP) is 3.06. The molecule has 3 N–H and O–H groups in total. The number of fused-ring (bicyclic) bond motifs is 5. The number of aryl methyl sites for hydroxylation is 1. The first kappa shape index (κ1) is 19.7. The Labute approximate surface area is 176 Å². The molecular formula is C25H28O5. The lowest BCUT2D eigenvalue weighted by Crippen LogP contribution is -2.46. The van der Waals surface area contributed by atoms with Gasteiger partial charge in [-0.1, -0.05) is 31.2 Å². The Morgan fingerprint density at radius 1 is 1.03 bits per heavy atom. The van der Waals surface area contributed by atoms with Gasteiger partial charge in [0.1, 0.15) is 11.9 Å². The zero-order valence-electron chi connectivity index (χ0n) is 17.1. The molecule has 7 atom stereocenters. The van der Waals surface area contributed by atoms with Gasteiger partial charge >= 0.3 is 5.97 Å². The standard InChI is InChI=1S/C25H28O5/c1-25-12-11-18-17-10-8-16(30-24(29)14-5-3-2-4-6-14)13-15(17)7-9-19(18)20(25)21(26)22(27)23(25)28/h2-6,8,10,13,18-23,26-28H,7,9,11-12H2,1H3/t18?,19?,20?,21-,22-,23+,25?/m1/s1. The molecule has 0 amide bonds. The number of hydrogen-bond donors (Lipinski definition) is 3. The van der Waals surface area contributed by atoms with Crippen LogP contribution in [0.15, 0.2) is 48.5 Å². The van der Waals surface area contributed by atoms with Crippen LogP contribution in [-0.2, 0) is 6.42 Å². The van der Waals surface area contributed by atoms with Crippen LogP contribution in [0.2, 0.25) is 0 Å². The van der Waals surface area contributed by atoms with Gasteiger partial charge in [0.2, 0.25) is 0 Å².